The maximum atomic E-state index is 14.0. The first-order valence-electron chi connectivity index (χ1n) is 31.5. The fourth-order valence-corrected chi connectivity index (χ4v) is 10.5. The molecule has 0 radical (unpaired) electrons. The van der Waals surface area contributed by atoms with Gasteiger partial charge in [-0.3, -0.25) is 4.79 Å². The largest absolute Gasteiger partial charge is 0.457 e. The molecule has 0 spiro atoms. The van der Waals surface area contributed by atoms with Gasteiger partial charge in [-0.25, -0.2) is 0 Å². The fraction of sp³-hybridized carbons (Fsp3) is 0.265. The highest BCUT2D eigenvalue weighted by atomic mass is 19.4. The van der Waals surface area contributed by atoms with E-state index in [0.29, 0.717) is 33.4 Å². The molecule has 10 aromatic rings. The average Bonchev–Trinajstić information content (AvgIpc) is 0.723. The van der Waals surface area contributed by atoms with E-state index in [1.807, 2.05) is 111 Å². The molecule has 0 fully saturated rings. The van der Waals surface area contributed by atoms with Crippen LogP contribution >= 0.6 is 0 Å². The van der Waals surface area contributed by atoms with Crippen molar-refractivity contribution in [2.24, 2.45) is 0 Å². The number of aryl methyl sites for hydroxylation is 16. The number of ketones is 1. The van der Waals surface area contributed by atoms with Crippen LogP contribution in [0.5, 0.6) is 23.0 Å². The van der Waals surface area contributed by atoms with Crippen LogP contribution in [0.15, 0.2) is 206 Å². The van der Waals surface area contributed by atoms with Crippen molar-refractivity contribution in [3.63, 3.8) is 0 Å². The topological polar surface area (TPSA) is 35.5 Å². The van der Waals surface area contributed by atoms with Crippen LogP contribution in [0.1, 0.15) is 127 Å². The number of carbonyl (C=O) groups excluding carboxylic acids is 1. The molecule has 0 saturated carbocycles. The smallest absolute Gasteiger partial charge is 0.411 e. The predicted molar refractivity (Wildman–Crippen MR) is 370 cm³/mol. The Morgan fingerprint density at radius 2 is 0.429 bits per heavy atom. The maximum absolute atomic E-state index is 14.0. The third kappa shape index (κ3) is 18.6. The van der Waals surface area contributed by atoms with Crippen molar-refractivity contribution in [1.29, 1.82) is 0 Å². The Bertz CT molecular complexity index is 4050. The van der Waals surface area contributed by atoms with Gasteiger partial charge in [-0.15, -0.1) is 0 Å². The van der Waals surface area contributed by atoms with E-state index in [1.54, 1.807) is 27.7 Å². The van der Waals surface area contributed by atoms with E-state index in [4.69, 9.17) is 9.47 Å². The van der Waals surface area contributed by atoms with Gasteiger partial charge in [-0.05, 0) is 260 Å². The van der Waals surface area contributed by atoms with Crippen molar-refractivity contribution in [3.8, 4) is 23.0 Å². The summed E-state index contributed by atoms with van der Waals surface area (Å²) in [6.07, 6.45) is -22.2. The molecule has 98 heavy (non-hydrogen) atoms. The number of rotatable bonds is 10. The first kappa shape index (κ1) is 77.6. The summed E-state index contributed by atoms with van der Waals surface area (Å²) in [5.41, 5.74) is 5.56. The van der Waals surface area contributed by atoms with E-state index in [9.17, 15) is 57.5 Å². The number of alkyl halides is 12. The summed E-state index contributed by atoms with van der Waals surface area (Å²) in [5.74, 6) is 3.66. The van der Waals surface area contributed by atoms with Gasteiger partial charge in [0.05, 0.1) is 0 Å². The molecule has 0 aliphatic rings. The van der Waals surface area contributed by atoms with Gasteiger partial charge in [-0.2, -0.15) is 52.7 Å². The Morgan fingerprint density at radius 3 is 0.684 bits per heavy atom. The molecule has 0 atom stereocenters. The maximum Gasteiger partial charge on any atom is 0.411 e. The zero-order valence-corrected chi connectivity index (χ0v) is 57.9. The number of hydrogen-bond donors (Lipinski definition) is 0. The van der Waals surface area contributed by atoms with Crippen molar-refractivity contribution >= 4 is 5.78 Å². The summed E-state index contributed by atoms with van der Waals surface area (Å²) in [5, 5.41) is 0. The van der Waals surface area contributed by atoms with Crippen LogP contribution in [0.25, 0.3) is 0 Å². The summed E-state index contributed by atoms with van der Waals surface area (Å²) in [7, 11) is 0. The number of benzene rings is 10. The lowest BCUT2D eigenvalue weighted by atomic mass is 9.71. The number of ether oxygens (including phenoxy) is 2. The second kappa shape index (κ2) is 31.9. The molecule has 15 heteroatoms. The minimum Gasteiger partial charge on any atom is -0.457 e. The minimum absolute atomic E-state index is 0.0983. The summed E-state index contributed by atoms with van der Waals surface area (Å²) in [6.45, 7) is 30.2. The van der Waals surface area contributed by atoms with Gasteiger partial charge in [0, 0.05) is 11.1 Å². The predicted octanol–water partition coefficient (Wildman–Crippen LogP) is 25.0. The van der Waals surface area contributed by atoms with Crippen molar-refractivity contribution in [1.82, 2.24) is 0 Å². The van der Waals surface area contributed by atoms with Crippen LogP contribution in [0, 0.1) is 111 Å². The van der Waals surface area contributed by atoms with Gasteiger partial charge in [0.25, 0.3) is 0 Å². The monoisotopic (exact) mass is 1350 g/mol. The molecule has 3 nitrogen and oxygen atoms in total. The Labute approximate surface area is 568 Å². The second-order valence-corrected chi connectivity index (χ2v) is 25.1. The molecule has 0 heterocycles. The van der Waals surface area contributed by atoms with Crippen LogP contribution in [-0.4, -0.2) is 30.5 Å². The zero-order valence-electron chi connectivity index (χ0n) is 57.9. The third-order valence-corrected chi connectivity index (χ3v) is 17.6. The van der Waals surface area contributed by atoms with Gasteiger partial charge < -0.3 is 9.47 Å². The molecule has 0 aliphatic heterocycles. The first-order valence-corrected chi connectivity index (χ1v) is 31.5. The zero-order chi connectivity index (χ0) is 73.0. The molecule has 10 aromatic carbocycles. The molecule has 516 valence electrons. The second-order valence-electron chi connectivity index (χ2n) is 25.1. The Kier molecular flexibility index (Phi) is 25.3. The van der Waals surface area contributed by atoms with Crippen LogP contribution in [0.4, 0.5) is 52.7 Å². The van der Waals surface area contributed by atoms with E-state index in [-0.39, 0.29) is 5.78 Å². The number of halogens is 12. The molecule has 0 unspecified atom stereocenters. The summed E-state index contributed by atoms with van der Waals surface area (Å²) in [6, 6.07) is 55.1. The summed E-state index contributed by atoms with van der Waals surface area (Å²) >= 11 is 0. The SMILES string of the molecule is Cc1ccc(C(=O)c2ccc(C)c(C)c2)cc1C.Cc1ccc(C(c2ccc(C)c(C)c2)(C(F)(F)F)C(F)(F)F)cc1C.Cc1ccc(C(c2ccc(C)cc2)(C(F)(F)F)C(F)(F)F)cc1.Cc1ccc(Oc2ccc(C)c(C)c2)cc1C.Cc1ccc(Oc2ccc(C)cc2)cc1. The molecule has 0 N–H and O–H groups in total. The van der Waals surface area contributed by atoms with Crippen LogP contribution in [0.2, 0.25) is 0 Å². The lowest BCUT2D eigenvalue weighted by Gasteiger charge is -2.38. The molecule has 0 amide bonds. The Hall–Kier alpha value is -9.37. The highest BCUT2D eigenvalue weighted by Gasteiger charge is 2.73. The van der Waals surface area contributed by atoms with E-state index in [2.05, 4.69) is 79.7 Å². The highest BCUT2D eigenvalue weighted by molar-refractivity contribution is 6.09. The van der Waals surface area contributed by atoms with Crippen LogP contribution in [0.3, 0.4) is 0 Å². The normalized spacial score (nSPS) is 11.7. The van der Waals surface area contributed by atoms with Crippen LogP contribution in [-0.2, 0) is 10.8 Å². The number of carbonyl (C=O) groups is 1. The lowest BCUT2D eigenvalue weighted by Crippen LogP contribution is -2.54. The van der Waals surface area contributed by atoms with Gasteiger partial charge in [-0.1, -0.05) is 168 Å². The highest BCUT2D eigenvalue weighted by Crippen LogP contribution is 2.58. The molecular weight excluding hydrogens is 1270 g/mol. The standard InChI is InChI=1S/C19H18F6.C17H14F6.C17H18O.C16H18O.C14H14O/c1-11-5-7-15(9-13(11)3)17(18(20,21)22,19(23,24)25)16-8-6-12(2)14(4)10-16;1-11-3-7-13(8-4-11)15(16(18,19)20,17(21,22)23)14-9-5-12(2)6-10-14;1-11-5-7-15(9-13(11)3)17(18)16-8-6-12(2)14(4)10-16;1-11-5-7-15(9-13(11)3)17-16-8-6-12(2)14(4)10-16;1-11-3-7-13(8-4-11)15-14-9-5-12(2)6-10-14/h5-10H,1-4H3;3-10H,1-2H3;5-10H,1-4H3;5-10H,1-4H3;3-10H,1-2H3. The molecule has 10 rings (SSSR count). The van der Waals surface area contributed by atoms with Gasteiger partial charge >= 0.3 is 24.7 Å². The van der Waals surface area contributed by atoms with Gasteiger partial charge in [0.1, 0.15) is 23.0 Å². The quantitative estimate of drug-likeness (QED) is 0.101. The van der Waals surface area contributed by atoms with Crippen molar-refractivity contribution < 1.29 is 67.0 Å². The molecule has 0 saturated heterocycles. The summed E-state index contributed by atoms with van der Waals surface area (Å²) in [4.78, 5) is 12.4. The van der Waals surface area contributed by atoms with Crippen molar-refractivity contribution in [3.05, 3.63) is 329 Å². The summed E-state index contributed by atoms with van der Waals surface area (Å²) < 4.78 is 178. The molecule has 0 bridgehead atoms. The van der Waals surface area contributed by atoms with Crippen molar-refractivity contribution in [2.45, 2.75) is 146 Å². The molecular formula is C83H82F12O3. The Balaban J connectivity index is 0.000000196. The van der Waals surface area contributed by atoms with Gasteiger partial charge in [0.2, 0.25) is 10.8 Å². The molecule has 0 aromatic heterocycles. The van der Waals surface area contributed by atoms with E-state index >= 15 is 0 Å². The van der Waals surface area contributed by atoms with Crippen LogP contribution < -0.4 is 9.47 Å². The van der Waals surface area contributed by atoms with E-state index in [0.717, 1.165) is 93.8 Å². The van der Waals surface area contributed by atoms with E-state index < -0.39 is 57.8 Å². The fourth-order valence-electron chi connectivity index (χ4n) is 10.5. The average molecular weight is 1360 g/mol. The first-order chi connectivity index (χ1) is 45.6. The molecule has 0 aliphatic carbocycles. The van der Waals surface area contributed by atoms with E-state index in [1.165, 1.54) is 94.8 Å². The van der Waals surface area contributed by atoms with Gasteiger partial charge in [0.15, 0.2) is 5.78 Å². The minimum atomic E-state index is -5.55. The lowest BCUT2D eigenvalue weighted by molar-refractivity contribution is -0.290. The van der Waals surface area contributed by atoms with Crippen molar-refractivity contribution in [2.75, 3.05) is 0 Å². The third-order valence-electron chi connectivity index (χ3n) is 17.6. The number of hydrogen-bond acceptors (Lipinski definition) is 3. The Morgan fingerprint density at radius 1 is 0.224 bits per heavy atom.